The summed E-state index contributed by atoms with van der Waals surface area (Å²) in [5, 5.41) is 9.31. The number of rotatable bonds is 6. The highest BCUT2D eigenvalue weighted by atomic mass is 16.3. The Labute approximate surface area is 116 Å². The van der Waals surface area contributed by atoms with Gasteiger partial charge in [-0.1, -0.05) is 20.3 Å². The summed E-state index contributed by atoms with van der Waals surface area (Å²) in [4.78, 5) is 16.5. The number of carbonyl (C=O) groups excluding carboxylic acids is 1. The summed E-state index contributed by atoms with van der Waals surface area (Å²) in [5.41, 5.74) is 5.37. The Morgan fingerprint density at radius 3 is 2.32 bits per heavy atom. The van der Waals surface area contributed by atoms with Crippen LogP contribution in [0.2, 0.25) is 0 Å². The number of aliphatic hydroxyl groups is 1. The van der Waals surface area contributed by atoms with E-state index in [1.54, 1.807) is 0 Å². The first-order valence-electron chi connectivity index (χ1n) is 7.39. The van der Waals surface area contributed by atoms with E-state index in [-0.39, 0.29) is 18.6 Å². The lowest BCUT2D eigenvalue weighted by atomic mass is 9.95. The fourth-order valence-electron chi connectivity index (χ4n) is 2.78. The number of hydrogen-bond acceptors (Lipinski definition) is 4. The van der Waals surface area contributed by atoms with E-state index in [0.29, 0.717) is 13.1 Å². The van der Waals surface area contributed by atoms with Crippen molar-refractivity contribution in [3.63, 3.8) is 0 Å². The van der Waals surface area contributed by atoms with Crippen molar-refractivity contribution in [2.24, 2.45) is 5.73 Å². The van der Waals surface area contributed by atoms with Crippen LogP contribution in [-0.2, 0) is 4.79 Å². The minimum atomic E-state index is -0.738. The van der Waals surface area contributed by atoms with E-state index in [1.807, 2.05) is 18.7 Å². The standard InChI is InChI=1S/C14H29N3O2/c1-4-6-14(3,15)13(19)17-9-7-16(8-10-17)12(5-2)11-18/h12,18H,4-11,15H2,1-3H3. The van der Waals surface area contributed by atoms with Crippen molar-refractivity contribution in [1.82, 2.24) is 9.80 Å². The first kappa shape index (κ1) is 16.4. The van der Waals surface area contributed by atoms with Gasteiger partial charge in [-0.05, 0) is 19.8 Å². The third kappa shape index (κ3) is 4.16. The van der Waals surface area contributed by atoms with Gasteiger partial charge in [-0.25, -0.2) is 0 Å². The number of hydrogen-bond donors (Lipinski definition) is 2. The van der Waals surface area contributed by atoms with Gasteiger partial charge in [0.25, 0.3) is 0 Å². The lowest BCUT2D eigenvalue weighted by Gasteiger charge is -2.41. The zero-order valence-electron chi connectivity index (χ0n) is 12.6. The monoisotopic (exact) mass is 271 g/mol. The van der Waals surface area contributed by atoms with E-state index in [9.17, 15) is 9.90 Å². The largest absolute Gasteiger partial charge is 0.395 e. The molecule has 2 unspecified atom stereocenters. The molecule has 0 aromatic carbocycles. The molecule has 0 bridgehead atoms. The second-order valence-electron chi connectivity index (χ2n) is 5.74. The molecule has 2 atom stereocenters. The van der Waals surface area contributed by atoms with Gasteiger partial charge in [0.15, 0.2) is 0 Å². The fourth-order valence-corrected chi connectivity index (χ4v) is 2.78. The van der Waals surface area contributed by atoms with Gasteiger partial charge in [-0.3, -0.25) is 9.69 Å². The summed E-state index contributed by atoms with van der Waals surface area (Å²) in [5.74, 6) is 0.0612. The van der Waals surface area contributed by atoms with Crippen LogP contribution in [0.3, 0.4) is 0 Å². The van der Waals surface area contributed by atoms with Crippen molar-refractivity contribution < 1.29 is 9.90 Å². The summed E-state index contributed by atoms with van der Waals surface area (Å²) >= 11 is 0. The normalized spacial score (nSPS) is 22.1. The molecular weight excluding hydrogens is 242 g/mol. The van der Waals surface area contributed by atoms with Gasteiger partial charge in [0, 0.05) is 32.2 Å². The molecule has 1 amide bonds. The predicted octanol–water partition coefficient (Wildman–Crippen LogP) is 0.419. The lowest BCUT2D eigenvalue weighted by Crippen LogP contribution is -2.59. The molecule has 1 aliphatic heterocycles. The quantitative estimate of drug-likeness (QED) is 0.734. The molecular formula is C14H29N3O2. The summed E-state index contributed by atoms with van der Waals surface area (Å²) < 4.78 is 0. The molecule has 0 aromatic heterocycles. The third-order valence-electron chi connectivity index (χ3n) is 4.06. The fraction of sp³-hybridized carbons (Fsp3) is 0.929. The highest BCUT2D eigenvalue weighted by Crippen LogP contribution is 2.16. The Balaban J connectivity index is 2.51. The van der Waals surface area contributed by atoms with Crippen LogP contribution in [0.25, 0.3) is 0 Å². The zero-order chi connectivity index (χ0) is 14.5. The first-order chi connectivity index (χ1) is 8.96. The maximum atomic E-state index is 12.4. The van der Waals surface area contributed by atoms with Crippen LogP contribution in [0.4, 0.5) is 0 Å². The average Bonchev–Trinajstić information content (AvgIpc) is 2.40. The smallest absolute Gasteiger partial charge is 0.242 e. The lowest BCUT2D eigenvalue weighted by molar-refractivity contribution is -0.139. The van der Waals surface area contributed by atoms with Crippen LogP contribution in [0.15, 0.2) is 0 Å². The number of nitrogens with two attached hydrogens (primary N) is 1. The van der Waals surface area contributed by atoms with Gasteiger partial charge in [0.05, 0.1) is 12.1 Å². The van der Waals surface area contributed by atoms with Crippen LogP contribution in [0.5, 0.6) is 0 Å². The maximum absolute atomic E-state index is 12.4. The van der Waals surface area contributed by atoms with Gasteiger partial charge in [0.1, 0.15) is 0 Å². The third-order valence-corrected chi connectivity index (χ3v) is 4.06. The number of carbonyl (C=O) groups is 1. The van der Waals surface area contributed by atoms with Crippen molar-refractivity contribution >= 4 is 5.91 Å². The topological polar surface area (TPSA) is 69.8 Å². The first-order valence-corrected chi connectivity index (χ1v) is 7.39. The van der Waals surface area contributed by atoms with E-state index in [4.69, 9.17) is 5.73 Å². The molecule has 0 radical (unpaired) electrons. The van der Waals surface area contributed by atoms with E-state index in [1.165, 1.54) is 0 Å². The second-order valence-corrected chi connectivity index (χ2v) is 5.74. The molecule has 1 rings (SSSR count). The minimum Gasteiger partial charge on any atom is -0.395 e. The molecule has 5 heteroatoms. The Hall–Kier alpha value is -0.650. The summed E-state index contributed by atoms with van der Waals surface area (Å²) in [6, 6.07) is 0.220. The van der Waals surface area contributed by atoms with Gasteiger partial charge >= 0.3 is 0 Å². The Morgan fingerprint density at radius 2 is 1.89 bits per heavy atom. The maximum Gasteiger partial charge on any atom is 0.242 e. The highest BCUT2D eigenvalue weighted by molar-refractivity contribution is 5.85. The molecule has 19 heavy (non-hydrogen) atoms. The highest BCUT2D eigenvalue weighted by Gasteiger charge is 2.34. The van der Waals surface area contributed by atoms with Crippen LogP contribution in [0, 0.1) is 0 Å². The van der Waals surface area contributed by atoms with Crippen molar-refractivity contribution in [1.29, 1.82) is 0 Å². The molecule has 1 aliphatic rings. The number of nitrogens with zero attached hydrogens (tertiary/aromatic N) is 2. The number of aliphatic hydroxyl groups excluding tert-OH is 1. The van der Waals surface area contributed by atoms with E-state index >= 15 is 0 Å². The predicted molar refractivity (Wildman–Crippen MR) is 76.8 cm³/mol. The van der Waals surface area contributed by atoms with E-state index in [0.717, 1.165) is 32.4 Å². The summed E-state index contributed by atoms with van der Waals surface area (Å²) in [6.45, 7) is 9.22. The second kappa shape index (κ2) is 7.22. The van der Waals surface area contributed by atoms with Gasteiger partial charge < -0.3 is 15.7 Å². The molecule has 112 valence electrons. The van der Waals surface area contributed by atoms with E-state index in [2.05, 4.69) is 11.8 Å². The van der Waals surface area contributed by atoms with Gasteiger partial charge in [-0.15, -0.1) is 0 Å². The van der Waals surface area contributed by atoms with Crippen LogP contribution in [-0.4, -0.2) is 65.2 Å². The number of piperazine rings is 1. The van der Waals surface area contributed by atoms with Crippen LogP contribution in [0.1, 0.15) is 40.0 Å². The van der Waals surface area contributed by atoms with Crippen molar-refractivity contribution in [2.75, 3.05) is 32.8 Å². The zero-order valence-corrected chi connectivity index (χ0v) is 12.6. The molecule has 0 spiro atoms. The molecule has 1 heterocycles. The Kier molecular flexibility index (Phi) is 6.23. The van der Waals surface area contributed by atoms with Crippen molar-refractivity contribution in [3.05, 3.63) is 0 Å². The molecule has 1 saturated heterocycles. The molecule has 0 saturated carbocycles. The SMILES string of the molecule is CCCC(C)(N)C(=O)N1CCN(C(CC)CO)CC1. The molecule has 0 aromatic rings. The van der Waals surface area contributed by atoms with Gasteiger partial charge in [-0.2, -0.15) is 0 Å². The average molecular weight is 271 g/mol. The molecule has 1 fully saturated rings. The van der Waals surface area contributed by atoms with Crippen LogP contribution < -0.4 is 5.73 Å². The summed E-state index contributed by atoms with van der Waals surface area (Å²) in [7, 11) is 0. The van der Waals surface area contributed by atoms with Gasteiger partial charge in [0.2, 0.25) is 5.91 Å². The van der Waals surface area contributed by atoms with Crippen LogP contribution >= 0.6 is 0 Å². The summed E-state index contributed by atoms with van der Waals surface area (Å²) in [6.07, 6.45) is 2.58. The molecule has 0 aliphatic carbocycles. The Bertz CT molecular complexity index is 282. The van der Waals surface area contributed by atoms with E-state index < -0.39 is 5.54 Å². The number of amides is 1. The molecule has 3 N–H and O–H groups in total. The molecule has 5 nitrogen and oxygen atoms in total. The minimum absolute atomic E-state index is 0.0612. The Morgan fingerprint density at radius 1 is 1.32 bits per heavy atom. The van der Waals surface area contributed by atoms with Crippen molar-refractivity contribution in [3.8, 4) is 0 Å². The van der Waals surface area contributed by atoms with Crippen molar-refractivity contribution in [2.45, 2.75) is 51.6 Å².